The summed E-state index contributed by atoms with van der Waals surface area (Å²) in [6, 6.07) is 3.74. The topological polar surface area (TPSA) is 83.6 Å². The molecule has 1 aliphatic rings. The number of nitrogens with zero attached hydrogens (tertiary/aromatic N) is 1. The Morgan fingerprint density at radius 2 is 2.10 bits per heavy atom. The van der Waals surface area contributed by atoms with Crippen LogP contribution in [0.15, 0.2) is 12.1 Å². The highest BCUT2D eigenvalue weighted by Gasteiger charge is 2.33. The molecule has 0 saturated heterocycles. The van der Waals surface area contributed by atoms with Crippen molar-refractivity contribution in [2.75, 3.05) is 22.9 Å². The first-order valence-electron chi connectivity index (χ1n) is 6.91. The molecule has 0 atom stereocenters. The average molecular weight is 333 g/mol. The van der Waals surface area contributed by atoms with Crippen LogP contribution in [-0.2, 0) is 16.5 Å². The molecule has 3 N–H and O–H groups in total. The molecule has 0 amide bonds. The van der Waals surface area contributed by atoms with E-state index in [0.717, 1.165) is 24.1 Å². The highest BCUT2D eigenvalue weighted by molar-refractivity contribution is 7.85. The van der Waals surface area contributed by atoms with E-state index in [-0.39, 0.29) is 11.3 Å². The molecule has 118 valence electrons. The molecule has 0 spiro atoms. The van der Waals surface area contributed by atoms with Crippen molar-refractivity contribution in [3.63, 3.8) is 0 Å². The van der Waals surface area contributed by atoms with Crippen molar-refractivity contribution in [3.05, 3.63) is 22.7 Å². The molecule has 7 heteroatoms. The number of anilines is 2. The zero-order chi connectivity index (χ0) is 15.8. The lowest BCUT2D eigenvalue weighted by molar-refractivity contribution is 0.406. The Morgan fingerprint density at radius 1 is 1.43 bits per heavy atom. The molecule has 1 aliphatic heterocycles. The van der Waals surface area contributed by atoms with Gasteiger partial charge in [0.2, 0.25) is 0 Å². The van der Waals surface area contributed by atoms with Gasteiger partial charge in [-0.3, -0.25) is 4.55 Å². The van der Waals surface area contributed by atoms with Gasteiger partial charge in [-0.1, -0.05) is 11.6 Å². The SMILES string of the molecule is CC1(C)CCc2cc(N)c(Cl)cc2N1CCCS(=O)(=O)O. The van der Waals surface area contributed by atoms with E-state index < -0.39 is 10.1 Å². The molecule has 5 nitrogen and oxygen atoms in total. The standard InChI is InChI=1S/C14H21ClN2O3S/c1-14(2)5-4-10-8-12(16)11(15)9-13(10)17(14)6-3-7-21(18,19)20/h8-9H,3-7,16H2,1-2H3,(H,18,19,20). The molecule has 0 bridgehead atoms. The van der Waals surface area contributed by atoms with Crippen LogP contribution >= 0.6 is 11.6 Å². The van der Waals surface area contributed by atoms with E-state index in [0.29, 0.717) is 23.7 Å². The summed E-state index contributed by atoms with van der Waals surface area (Å²) in [6.45, 7) is 4.78. The van der Waals surface area contributed by atoms with Gasteiger partial charge in [0.1, 0.15) is 0 Å². The highest BCUT2D eigenvalue weighted by Crippen LogP contribution is 2.40. The number of rotatable bonds is 4. The van der Waals surface area contributed by atoms with Gasteiger partial charge in [0.05, 0.1) is 16.5 Å². The summed E-state index contributed by atoms with van der Waals surface area (Å²) in [6.07, 6.45) is 2.23. The second-order valence-electron chi connectivity index (χ2n) is 6.11. The summed E-state index contributed by atoms with van der Waals surface area (Å²) >= 11 is 6.12. The third-order valence-corrected chi connectivity index (χ3v) is 5.14. The fourth-order valence-electron chi connectivity index (χ4n) is 2.81. The summed E-state index contributed by atoms with van der Waals surface area (Å²) in [5.74, 6) is -0.238. The molecule has 2 rings (SSSR count). The summed E-state index contributed by atoms with van der Waals surface area (Å²) in [4.78, 5) is 2.16. The quantitative estimate of drug-likeness (QED) is 0.654. The lowest BCUT2D eigenvalue weighted by Crippen LogP contribution is -2.48. The molecule has 1 heterocycles. The van der Waals surface area contributed by atoms with Crippen LogP contribution in [-0.4, -0.2) is 30.8 Å². The number of benzene rings is 1. The lowest BCUT2D eigenvalue weighted by Gasteiger charge is -2.45. The van der Waals surface area contributed by atoms with Crippen molar-refractivity contribution in [1.29, 1.82) is 0 Å². The molecule has 0 radical (unpaired) electrons. The molecular formula is C14H21ClN2O3S. The Hall–Kier alpha value is -0.980. The molecule has 0 aliphatic carbocycles. The Labute approximate surface area is 130 Å². The molecule has 1 aromatic rings. The van der Waals surface area contributed by atoms with E-state index in [9.17, 15) is 8.42 Å². The summed E-state index contributed by atoms with van der Waals surface area (Å²) < 4.78 is 30.6. The Balaban J connectivity index is 2.28. The van der Waals surface area contributed by atoms with Crippen molar-refractivity contribution in [3.8, 4) is 0 Å². The van der Waals surface area contributed by atoms with Crippen LogP contribution < -0.4 is 10.6 Å². The normalized spacial score (nSPS) is 17.6. The van der Waals surface area contributed by atoms with Crippen LogP contribution in [0.25, 0.3) is 0 Å². The van der Waals surface area contributed by atoms with Gasteiger partial charge >= 0.3 is 0 Å². The number of aryl methyl sites for hydroxylation is 1. The summed E-state index contributed by atoms with van der Waals surface area (Å²) in [7, 11) is -3.93. The average Bonchev–Trinajstić information content (AvgIpc) is 2.33. The van der Waals surface area contributed by atoms with Gasteiger partial charge in [-0.15, -0.1) is 0 Å². The number of nitrogen functional groups attached to an aromatic ring is 1. The second kappa shape index (κ2) is 5.66. The maximum absolute atomic E-state index is 10.9. The van der Waals surface area contributed by atoms with E-state index in [4.69, 9.17) is 21.9 Å². The summed E-state index contributed by atoms with van der Waals surface area (Å²) in [5, 5.41) is 0.506. The molecule has 1 aromatic carbocycles. The minimum atomic E-state index is -3.93. The van der Waals surface area contributed by atoms with Gasteiger partial charge in [0.25, 0.3) is 10.1 Å². The van der Waals surface area contributed by atoms with E-state index in [1.807, 2.05) is 12.1 Å². The third-order valence-electron chi connectivity index (χ3n) is 4.01. The monoisotopic (exact) mass is 332 g/mol. The molecular weight excluding hydrogens is 312 g/mol. The van der Waals surface area contributed by atoms with Crippen LogP contribution in [0.2, 0.25) is 5.02 Å². The van der Waals surface area contributed by atoms with E-state index >= 15 is 0 Å². The fraction of sp³-hybridized carbons (Fsp3) is 0.571. The highest BCUT2D eigenvalue weighted by atomic mass is 35.5. The predicted molar refractivity (Wildman–Crippen MR) is 86.6 cm³/mol. The number of halogens is 1. The molecule has 0 saturated carbocycles. The lowest BCUT2D eigenvalue weighted by atomic mass is 9.86. The van der Waals surface area contributed by atoms with Gasteiger partial charge in [0.15, 0.2) is 0 Å². The number of nitrogens with two attached hydrogens (primary N) is 1. The number of hydrogen-bond acceptors (Lipinski definition) is 4. The van der Waals surface area contributed by atoms with Crippen molar-refractivity contribution in [2.45, 2.75) is 38.6 Å². The maximum Gasteiger partial charge on any atom is 0.264 e. The van der Waals surface area contributed by atoms with Gasteiger partial charge in [-0.2, -0.15) is 8.42 Å². The number of fused-ring (bicyclic) bond motifs is 1. The largest absolute Gasteiger partial charge is 0.398 e. The van der Waals surface area contributed by atoms with E-state index in [1.165, 1.54) is 0 Å². The Bertz CT molecular complexity index is 644. The first kappa shape index (κ1) is 16.4. The zero-order valence-corrected chi connectivity index (χ0v) is 13.8. The van der Waals surface area contributed by atoms with Crippen LogP contribution in [0.5, 0.6) is 0 Å². The number of hydrogen-bond donors (Lipinski definition) is 2. The maximum atomic E-state index is 10.9. The fourth-order valence-corrected chi connectivity index (χ4v) is 3.46. The van der Waals surface area contributed by atoms with Crippen LogP contribution in [0.3, 0.4) is 0 Å². The zero-order valence-electron chi connectivity index (χ0n) is 12.3. The molecule has 0 fully saturated rings. The van der Waals surface area contributed by atoms with Gasteiger partial charge < -0.3 is 10.6 Å². The van der Waals surface area contributed by atoms with Crippen molar-refractivity contribution in [2.24, 2.45) is 0 Å². The first-order chi connectivity index (χ1) is 9.60. The van der Waals surface area contributed by atoms with Gasteiger partial charge in [0, 0.05) is 17.8 Å². The third kappa shape index (κ3) is 3.81. The minimum Gasteiger partial charge on any atom is -0.398 e. The Kier molecular flexibility index (Phi) is 4.42. The molecule has 21 heavy (non-hydrogen) atoms. The van der Waals surface area contributed by atoms with Crippen LogP contribution in [0.4, 0.5) is 11.4 Å². The Morgan fingerprint density at radius 3 is 2.71 bits per heavy atom. The van der Waals surface area contributed by atoms with Gasteiger partial charge in [-0.25, -0.2) is 0 Å². The van der Waals surface area contributed by atoms with Crippen molar-refractivity contribution in [1.82, 2.24) is 0 Å². The van der Waals surface area contributed by atoms with Crippen molar-refractivity contribution < 1.29 is 13.0 Å². The minimum absolute atomic E-state index is 0.0916. The molecule has 0 unspecified atom stereocenters. The first-order valence-corrected chi connectivity index (χ1v) is 8.89. The smallest absolute Gasteiger partial charge is 0.264 e. The predicted octanol–water partition coefficient (Wildman–Crippen LogP) is 2.73. The second-order valence-corrected chi connectivity index (χ2v) is 8.09. The van der Waals surface area contributed by atoms with Crippen LogP contribution in [0.1, 0.15) is 32.3 Å². The van der Waals surface area contributed by atoms with Crippen LogP contribution in [0, 0.1) is 0 Å². The van der Waals surface area contributed by atoms with Crippen molar-refractivity contribution >= 4 is 33.1 Å². The van der Waals surface area contributed by atoms with E-state index in [2.05, 4.69) is 18.7 Å². The van der Waals surface area contributed by atoms with Gasteiger partial charge in [-0.05, 0) is 50.8 Å². The molecule has 0 aromatic heterocycles. The summed E-state index contributed by atoms with van der Waals surface area (Å²) in [5.41, 5.74) is 8.45. The van der Waals surface area contributed by atoms with E-state index in [1.54, 1.807) is 0 Å².